The van der Waals surface area contributed by atoms with E-state index in [1.54, 1.807) is 11.8 Å². The molecule has 2 amide bonds. The van der Waals surface area contributed by atoms with Gasteiger partial charge in [-0.3, -0.25) is 9.59 Å². The van der Waals surface area contributed by atoms with Crippen molar-refractivity contribution in [3.05, 3.63) is 0 Å². The summed E-state index contributed by atoms with van der Waals surface area (Å²) in [6.45, 7) is 11.2. The van der Waals surface area contributed by atoms with E-state index in [0.717, 1.165) is 13.0 Å². The minimum atomic E-state index is -0.448. The van der Waals surface area contributed by atoms with Gasteiger partial charge in [0, 0.05) is 18.6 Å². The second-order valence-corrected chi connectivity index (χ2v) is 7.09. The highest BCUT2D eigenvalue weighted by molar-refractivity contribution is 5.97. The van der Waals surface area contributed by atoms with E-state index in [4.69, 9.17) is 4.74 Å². The summed E-state index contributed by atoms with van der Waals surface area (Å²) in [6, 6.07) is -0.816. The van der Waals surface area contributed by atoms with Crippen LogP contribution in [0, 0.1) is 11.3 Å². The van der Waals surface area contributed by atoms with Gasteiger partial charge in [0.25, 0.3) is 0 Å². The van der Waals surface area contributed by atoms with E-state index in [2.05, 4.69) is 5.32 Å². The number of hydrogen-bond donors (Lipinski definition) is 1. The van der Waals surface area contributed by atoms with Crippen LogP contribution in [0.2, 0.25) is 0 Å². The van der Waals surface area contributed by atoms with Crippen LogP contribution in [0.1, 0.15) is 41.0 Å². The molecule has 4 atom stereocenters. The first-order chi connectivity index (χ1) is 9.23. The summed E-state index contributed by atoms with van der Waals surface area (Å²) in [7, 11) is 0. The smallest absolute Gasteiger partial charge is 0.246 e. The molecule has 0 saturated carbocycles. The van der Waals surface area contributed by atoms with Crippen LogP contribution in [0.25, 0.3) is 0 Å². The van der Waals surface area contributed by atoms with Crippen molar-refractivity contribution in [2.45, 2.75) is 59.2 Å². The minimum absolute atomic E-state index is 0.0315. The van der Waals surface area contributed by atoms with Crippen molar-refractivity contribution in [3.8, 4) is 0 Å². The normalized spacial score (nSPS) is 33.2. The summed E-state index contributed by atoms with van der Waals surface area (Å²) in [4.78, 5) is 26.8. The molecular formula is C15H26N2O3. The maximum atomic E-state index is 12.8. The third kappa shape index (κ3) is 2.68. The second kappa shape index (κ2) is 5.35. The van der Waals surface area contributed by atoms with Crippen molar-refractivity contribution in [3.63, 3.8) is 0 Å². The number of piperazine rings is 1. The fourth-order valence-corrected chi connectivity index (χ4v) is 3.09. The third-order valence-electron chi connectivity index (χ3n) is 4.54. The Balaban J connectivity index is 2.23. The molecule has 0 bridgehead atoms. The van der Waals surface area contributed by atoms with Gasteiger partial charge in [0.05, 0.1) is 6.61 Å². The van der Waals surface area contributed by atoms with E-state index in [1.807, 2.05) is 27.7 Å². The van der Waals surface area contributed by atoms with Gasteiger partial charge >= 0.3 is 0 Å². The van der Waals surface area contributed by atoms with Gasteiger partial charge in [-0.1, -0.05) is 20.8 Å². The van der Waals surface area contributed by atoms with Gasteiger partial charge in [-0.05, 0) is 25.7 Å². The first-order valence-corrected chi connectivity index (χ1v) is 7.43. The van der Waals surface area contributed by atoms with Crippen LogP contribution in [0.3, 0.4) is 0 Å². The summed E-state index contributed by atoms with van der Waals surface area (Å²) in [6.07, 6.45) is 0.958. The zero-order chi connectivity index (χ0) is 15.1. The lowest BCUT2D eigenvalue weighted by molar-refractivity contribution is -0.155. The highest BCUT2D eigenvalue weighted by Crippen LogP contribution is 2.29. The number of rotatable bonds is 2. The molecule has 2 saturated heterocycles. The Morgan fingerprint density at radius 2 is 2.00 bits per heavy atom. The Kier molecular flexibility index (Phi) is 4.09. The van der Waals surface area contributed by atoms with E-state index in [9.17, 15) is 9.59 Å². The van der Waals surface area contributed by atoms with Crippen molar-refractivity contribution in [2.75, 3.05) is 13.2 Å². The molecule has 0 aromatic carbocycles. The van der Waals surface area contributed by atoms with Crippen LogP contribution in [0.5, 0.6) is 0 Å². The summed E-state index contributed by atoms with van der Waals surface area (Å²) < 4.78 is 5.42. The van der Waals surface area contributed by atoms with Crippen LogP contribution in [0.4, 0.5) is 0 Å². The van der Waals surface area contributed by atoms with E-state index in [-0.39, 0.29) is 23.3 Å². The standard InChI is InChI=1S/C15H26N2O3/c1-9(11-6-7-20-8-11)17-10(2)13(18)16-12(14(17)19)15(3,4)5/h9-12H,6-8H2,1-5H3,(H,16,18). The maximum absolute atomic E-state index is 12.8. The molecule has 2 rings (SSSR count). The van der Waals surface area contributed by atoms with Gasteiger partial charge in [-0.15, -0.1) is 0 Å². The maximum Gasteiger partial charge on any atom is 0.246 e. The molecule has 20 heavy (non-hydrogen) atoms. The van der Waals surface area contributed by atoms with Crippen molar-refractivity contribution in [1.82, 2.24) is 10.2 Å². The highest BCUT2D eigenvalue weighted by atomic mass is 16.5. The summed E-state index contributed by atoms with van der Waals surface area (Å²) in [5.41, 5.74) is -0.281. The molecule has 1 N–H and O–H groups in total. The van der Waals surface area contributed by atoms with Crippen LogP contribution in [-0.2, 0) is 14.3 Å². The summed E-state index contributed by atoms with van der Waals surface area (Å²) >= 11 is 0. The predicted molar refractivity (Wildman–Crippen MR) is 76.1 cm³/mol. The Morgan fingerprint density at radius 3 is 2.50 bits per heavy atom. The number of nitrogens with zero attached hydrogens (tertiary/aromatic N) is 1. The molecule has 0 radical (unpaired) electrons. The first kappa shape index (κ1) is 15.3. The molecular weight excluding hydrogens is 256 g/mol. The number of hydrogen-bond acceptors (Lipinski definition) is 3. The number of ether oxygens (including phenoxy) is 1. The van der Waals surface area contributed by atoms with Crippen molar-refractivity contribution in [2.24, 2.45) is 11.3 Å². The molecule has 0 aromatic rings. The number of amides is 2. The molecule has 0 aromatic heterocycles. The van der Waals surface area contributed by atoms with Gasteiger partial charge in [0.2, 0.25) is 11.8 Å². The Labute approximate surface area is 121 Å². The quantitative estimate of drug-likeness (QED) is 0.827. The average Bonchev–Trinajstić information content (AvgIpc) is 2.86. The van der Waals surface area contributed by atoms with Crippen LogP contribution < -0.4 is 5.32 Å². The molecule has 2 aliphatic rings. The molecule has 2 fully saturated rings. The van der Waals surface area contributed by atoms with Crippen molar-refractivity contribution in [1.29, 1.82) is 0 Å². The first-order valence-electron chi connectivity index (χ1n) is 7.43. The zero-order valence-electron chi connectivity index (χ0n) is 13.1. The third-order valence-corrected chi connectivity index (χ3v) is 4.54. The van der Waals surface area contributed by atoms with Gasteiger partial charge in [0.1, 0.15) is 12.1 Å². The van der Waals surface area contributed by atoms with Crippen LogP contribution >= 0.6 is 0 Å². The Morgan fingerprint density at radius 1 is 1.35 bits per heavy atom. The SMILES string of the molecule is CC1C(=O)NC(C(C)(C)C)C(=O)N1C(C)C1CCOC1. The van der Waals surface area contributed by atoms with Gasteiger partial charge < -0.3 is 15.0 Å². The molecule has 0 aliphatic carbocycles. The van der Waals surface area contributed by atoms with E-state index in [0.29, 0.717) is 12.5 Å². The number of nitrogens with one attached hydrogen (secondary N) is 1. The van der Waals surface area contributed by atoms with Gasteiger partial charge in [-0.2, -0.15) is 0 Å². The molecule has 2 aliphatic heterocycles. The Hall–Kier alpha value is -1.10. The second-order valence-electron chi connectivity index (χ2n) is 7.09. The number of carbonyl (C=O) groups is 2. The van der Waals surface area contributed by atoms with Crippen molar-refractivity contribution < 1.29 is 14.3 Å². The topological polar surface area (TPSA) is 58.6 Å². The molecule has 5 nitrogen and oxygen atoms in total. The van der Waals surface area contributed by atoms with E-state index in [1.165, 1.54) is 0 Å². The highest BCUT2D eigenvalue weighted by Gasteiger charge is 2.46. The van der Waals surface area contributed by atoms with Gasteiger partial charge in [-0.25, -0.2) is 0 Å². The number of carbonyl (C=O) groups excluding carboxylic acids is 2. The minimum Gasteiger partial charge on any atom is -0.381 e. The monoisotopic (exact) mass is 282 g/mol. The van der Waals surface area contributed by atoms with Crippen LogP contribution in [0.15, 0.2) is 0 Å². The zero-order valence-corrected chi connectivity index (χ0v) is 13.1. The summed E-state index contributed by atoms with van der Waals surface area (Å²) in [5, 5.41) is 2.87. The average molecular weight is 282 g/mol. The van der Waals surface area contributed by atoms with Crippen molar-refractivity contribution >= 4 is 11.8 Å². The van der Waals surface area contributed by atoms with Gasteiger partial charge in [0.15, 0.2) is 0 Å². The Bertz CT molecular complexity index is 396. The lowest BCUT2D eigenvalue weighted by atomic mass is 9.83. The lowest BCUT2D eigenvalue weighted by Gasteiger charge is -2.46. The lowest BCUT2D eigenvalue weighted by Crippen LogP contribution is -2.68. The van der Waals surface area contributed by atoms with Crippen LogP contribution in [-0.4, -0.2) is 48.1 Å². The fourth-order valence-electron chi connectivity index (χ4n) is 3.09. The fraction of sp³-hybridized carbons (Fsp3) is 0.867. The molecule has 2 heterocycles. The molecule has 0 spiro atoms. The van der Waals surface area contributed by atoms with E-state index >= 15 is 0 Å². The largest absolute Gasteiger partial charge is 0.381 e. The molecule has 4 unspecified atom stereocenters. The van der Waals surface area contributed by atoms with E-state index < -0.39 is 12.1 Å². The predicted octanol–water partition coefficient (Wildman–Crippen LogP) is 1.17. The molecule has 5 heteroatoms. The summed E-state index contributed by atoms with van der Waals surface area (Å²) in [5.74, 6) is 0.298. The molecule has 114 valence electrons.